The number of benzene rings is 1. The first-order valence-electron chi connectivity index (χ1n) is 8.46. The van der Waals surface area contributed by atoms with E-state index in [0.717, 1.165) is 38.4 Å². The van der Waals surface area contributed by atoms with E-state index in [4.69, 9.17) is 9.16 Å². The highest BCUT2D eigenvalue weighted by atomic mass is 127. The van der Waals surface area contributed by atoms with Gasteiger partial charge < -0.3 is 9.16 Å². The minimum absolute atomic E-state index is 0.302. The Morgan fingerprint density at radius 3 is 2.35 bits per heavy atom. The van der Waals surface area contributed by atoms with Gasteiger partial charge in [0.25, 0.3) is 0 Å². The topological polar surface area (TPSA) is 21.7 Å². The Labute approximate surface area is 156 Å². The Hall–Kier alpha value is -0.113. The third-order valence-electron chi connectivity index (χ3n) is 4.93. The number of hydrogen-bond donors (Lipinski definition) is 0. The van der Waals surface area contributed by atoms with Crippen molar-refractivity contribution < 1.29 is 9.16 Å². The molecule has 1 aliphatic rings. The number of nitrogens with zero attached hydrogens (tertiary/aromatic N) is 1. The van der Waals surface area contributed by atoms with Crippen molar-refractivity contribution in [3.8, 4) is 5.75 Å². The van der Waals surface area contributed by atoms with Gasteiger partial charge in [0.15, 0.2) is 8.32 Å². The maximum atomic E-state index is 6.23. The lowest BCUT2D eigenvalue weighted by Gasteiger charge is -2.40. The van der Waals surface area contributed by atoms with Crippen molar-refractivity contribution >= 4 is 30.9 Å². The fraction of sp³-hybridized carbons (Fsp3) is 0.667. The summed E-state index contributed by atoms with van der Waals surface area (Å²) < 4.78 is 13.4. The second-order valence-electron chi connectivity index (χ2n) is 7.92. The molecule has 1 aliphatic heterocycles. The maximum Gasteiger partial charge on any atom is 0.191 e. The molecule has 1 saturated heterocycles. The molecule has 23 heavy (non-hydrogen) atoms. The second-order valence-corrected chi connectivity index (χ2v) is 14.0. The van der Waals surface area contributed by atoms with Crippen LogP contribution in [-0.4, -0.2) is 45.6 Å². The third kappa shape index (κ3) is 5.72. The first-order chi connectivity index (χ1) is 10.7. The summed E-state index contributed by atoms with van der Waals surface area (Å²) in [6.07, 6.45) is 1.46. The molecule has 1 heterocycles. The standard InChI is InChI=1S/C18H30INO2Si/c1-18(2,3)23(4,5)21-12-6-11-20-13-17(14-20)22-16-9-7-15(19)8-10-16/h7-10,17H,6,11-14H2,1-5H3. The van der Waals surface area contributed by atoms with Crippen LogP contribution in [0, 0.1) is 3.57 Å². The van der Waals surface area contributed by atoms with E-state index < -0.39 is 8.32 Å². The summed E-state index contributed by atoms with van der Waals surface area (Å²) in [5, 5.41) is 0.302. The zero-order chi connectivity index (χ0) is 17.1. The van der Waals surface area contributed by atoms with Gasteiger partial charge in [-0.1, -0.05) is 20.8 Å². The van der Waals surface area contributed by atoms with Crippen LogP contribution in [0.1, 0.15) is 27.2 Å². The molecule has 1 aromatic rings. The van der Waals surface area contributed by atoms with Crippen LogP contribution in [-0.2, 0) is 4.43 Å². The van der Waals surface area contributed by atoms with Gasteiger partial charge in [-0.15, -0.1) is 0 Å². The van der Waals surface area contributed by atoms with Crippen molar-refractivity contribution in [3.05, 3.63) is 27.8 Å². The summed E-state index contributed by atoms with van der Waals surface area (Å²) in [4.78, 5) is 2.45. The molecule has 3 nitrogen and oxygen atoms in total. The van der Waals surface area contributed by atoms with Crippen molar-refractivity contribution in [2.75, 3.05) is 26.2 Å². The Kier molecular flexibility index (Phi) is 6.55. The number of halogens is 1. The van der Waals surface area contributed by atoms with E-state index in [1.54, 1.807) is 0 Å². The van der Waals surface area contributed by atoms with Gasteiger partial charge >= 0.3 is 0 Å². The molecule has 0 aromatic heterocycles. The Bertz CT molecular complexity index is 493. The molecule has 1 fully saturated rings. The summed E-state index contributed by atoms with van der Waals surface area (Å²) in [5.74, 6) is 0.983. The quantitative estimate of drug-likeness (QED) is 0.342. The smallest absolute Gasteiger partial charge is 0.191 e. The molecule has 0 atom stereocenters. The fourth-order valence-electron chi connectivity index (χ4n) is 2.32. The average Bonchev–Trinajstić information content (AvgIpc) is 2.41. The maximum absolute atomic E-state index is 6.23. The second kappa shape index (κ2) is 7.85. The zero-order valence-corrected chi connectivity index (χ0v) is 18.2. The zero-order valence-electron chi connectivity index (χ0n) is 15.1. The van der Waals surface area contributed by atoms with Gasteiger partial charge in [-0.3, -0.25) is 4.90 Å². The van der Waals surface area contributed by atoms with E-state index in [9.17, 15) is 0 Å². The van der Waals surface area contributed by atoms with Gasteiger partial charge in [-0.25, -0.2) is 0 Å². The number of rotatable bonds is 7. The minimum atomic E-state index is -1.58. The highest BCUT2D eigenvalue weighted by Crippen LogP contribution is 2.36. The van der Waals surface area contributed by atoms with Crippen molar-refractivity contribution in [2.24, 2.45) is 0 Å². The van der Waals surface area contributed by atoms with E-state index >= 15 is 0 Å². The molecule has 0 N–H and O–H groups in total. The van der Waals surface area contributed by atoms with E-state index in [1.807, 2.05) is 0 Å². The van der Waals surface area contributed by atoms with Crippen molar-refractivity contribution in [1.82, 2.24) is 4.90 Å². The van der Waals surface area contributed by atoms with E-state index in [1.165, 1.54) is 3.57 Å². The Balaban J connectivity index is 1.59. The molecular formula is C18H30INO2Si. The van der Waals surface area contributed by atoms with Crippen molar-refractivity contribution in [3.63, 3.8) is 0 Å². The summed E-state index contributed by atoms with van der Waals surface area (Å²) in [6, 6.07) is 8.28. The van der Waals surface area contributed by atoms with Gasteiger partial charge in [0, 0.05) is 29.8 Å². The molecule has 5 heteroatoms. The number of hydrogen-bond acceptors (Lipinski definition) is 3. The lowest BCUT2D eigenvalue weighted by Crippen LogP contribution is -2.54. The highest BCUT2D eigenvalue weighted by molar-refractivity contribution is 14.1. The first-order valence-corrected chi connectivity index (χ1v) is 12.4. The highest BCUT2D eigenvalue weighted by Gasteiger charge is 2.37. The normalized spacial score (nSPS) is 17.1. The van der Waals surface area contributed by atoms with Gasteiger partial charge in [0.05, 0.1) is 0 Å². The van der Waals surface area contributed by atoms with Gasteiger partial charge in [0.1, 0.15) is 11.9 Å². The number of likely N-dealkylation sites (tertiary alicyclic amines) is 1. The van der Waals surface area contributed by atoms with Crippen LogP contribution < -0.4 is 4.74 Å². The van der Waals surface area contributed by atoms with Crippen LogP contribution in [0.3, 0.4) is 0 Å². The molecule has 0 amide bonds. The predicted octanol–water partition coefficient (Wildman–Crippen LogP) is 4.77. The predicted molar refractivity (Wildman–Crippen MR) is 108 cm³/mol. The van der Waals surface area contributed by atoms with Crippen molar-refractivity contribution in [2.45, 2.75) is 51.4 Å². The van der Waals surface area contributed by atoms with Gasteiger partial charge in [-0.2, -0.15) is 0 Å². The average molecular weight is 447 g/mol. The summed E-state index contributed by atoms with van der Waals surface area (Å²) in [7, 11) is -1.58. The molecule has 0 spiro atoms. The largest absolute Gasteiger partial charge is 0.488 e. The molecule has 0 unspecified atom stereocenters. The summed E-state index contributed by atoms with van der Waals surface area (Å²) >= 11 is 2.31. The molecule has 0 bridgehead atoms. The van der Waals surface area contributed by atoms with Gasteiger partial charge in [-0.05, 0) is 71.4 Å². The fourth-order valence-corrected chi connectivity index (χ4v) is 3.76. The minimum Gasteiger partial charge on any atom is -0.488 e. The van der Waals surface area contributed by atoms with Crippen LogP contribution in [0.4, 0.5) is 0 Å². The number of ether oxygens (including phenoxy) is 1. The van der Waals surface area contributed by atoms with Crippen molar-refractivity contribution in [1.29, 1.82) is 0 Å². The third-order valence-corrected chi connectivity index (χ3v) is 10.2. The Morgan fingerprint density at radius 1 is 1.17 bits per heavy atom. The Morgan fingerprint density at radius 2 is 1.78 bits per heavy atom. The molecule has 2 rings (SSSR count). The summed E-state index contributed by atoms with van der Waals surface area (Å²) in [6.45, 7) is 15.6. The van der Waals surface area contributed by atoms with E-state index in [2.05, 4.69) is 85.6 Å². The summed E-state index contributed by atoms with van der Waals surface area (Å²) in [5.41, 5.74) is 0. The first kappa shape index (κ1) is 19.2. The molecule has 130 valence electrons. The van der Waals surface area contributed by atoms with E-state index in [0.29, 0.717) is 11.1 Å². The molecular weight excluding hydrogens is 417 g/mol. The van der Waals surface area contributed by atoms with Gasteiger partial charge in [0.2, 0.25) is 0 Å². The van der Waals surface area contributed by atoms with E-state index in [-0.39, 0.29) is 0 Å². The van der Waals surface area contributed by atoms with Crippen LogP contribution in [0.5, 0.6) is 5.75 Å². The SMILES string of the molecule is CC(C)(C)[Si](C)(C)OCCCN1CC(Oc2ccc(I)cc2)C1. The molecule has 1 aromatic carbocycles. The lowest BCUT2D eigenvalue weighted by molar-refractivity contribution is 0.0170. The molecule has 0 radical (unpaired) electrons. The van der Waals surface area contributed by atoms with Crippen LogP contribution in [0.25, 0.3) is 0 Å². The van der Waals surface area contributed by atoms with Crippen LogP contribution in [0.2, 0.25) is 18.1 Å². The lowest BCUT2D eigenvalue weighted by atomic mass is 10.1. The molecule has 0 aliphatic carbocycles. The van der Waals surface area contributed by atoms with Crippen LogP contribution in [0.15, 0.2) is 24.3 Å². The molecule has 0 saturated carbocycles. The monoisotopic (exact) mass is 447 g/mol. The van der Waals surface area contributed by atoms with Crippen LogP contribution >= 0.6 is 22.6 Å².